The molecule has 1 saturated carbocycles. The van der Waals surface area contributed by atoms with E-state index in [2.05, 4.69) is 33.2 Å². The minimum absolute atomic E-state index is 0.175. The first-order chi connectivity index (χ1) is 10.1. The Bertz CT molecular complexity index is 646. The van der Waals surface area contributed by atoms with Crippen LogP contribution in [0.1, 0.15) is 18.6 Å². The van der Waals surface area contributed by atoms with Gasteiger partial charge in [-0.25, -0.2) is 0 Å². The lowest BCUT2D eigenvalue weighted by Crippen LogP contribution is -2.38. The summed E-state index contributed by atoms with van der Waals surface area (Å²) in [6.07, 6.45) is 7.58. The van der Waals surface area contributed by atoms with Crippen LogP contribution >= 0.6 is 15.9 Å². The van der Waals surface area contributed by atoms with Crippen molar-refractivity contribution in [3.05, 3.63) is 34.7 Å². The largest absolute Gasteiger partial charge is 0.448 e. The molecule has 0 N–H and O–H groups in total. The Hall–Kier alpha value is -1.69. The number of nitrogens with zero attached hydrogens (tertiary/aromatic N) is 2. The van der Waals surface area contributed by atoms with Crippen molar-refractivity contribution in [1.82, 2.24) is 5.01 Å². The van der Waals surface area contributed by atoms with Crippen LogP contribution < -0.4 is 0 Å². The number of carbonyl (C=O) groups excluding carboxylic acids is 2. The molecule has 4 aliphatic rings. The van der Waals surface area contributed by atoms with E-state index in [0.717, 1.165) is 17.9 Å². The highest BCUT2D eigenvalue weighted by Gasteiger charge is 2.56. The van der Waals surface area contributed by atoms with Gasteiger partial charge in [-0.15, -0.1) is 0 Å². The molecular formula is C15H13BrN2O3. The highest BCUT2D eigenvalue weighted by atomic mass is 79.9. The molecule has 1 aromatic heterocycles. The summed E-state index contributed by atoms with van der Waals surface area (Å²) in [6, 6.07) is 3.45. The maximum absolute atomic E-state index is 12.5. The Balaban J connectivity index is 1.62. The number of hydrogen-bond acceptors (Lipinski definition) is 4. The minimum Gasteiger partial charge on any atom is -0.448 e. The van der Waals surface area contributed by atoms with Gasteiger partial charge in [-0.3, -0.25) is 9.59 Å². The predicted molar refractivity (Wildman–Crippen MR) is 78.2 cm³/mol. The Morgan fingerprint density at radius 3 is 2.24 bits per heavy atom. The molecule has 5 rings (SSSR count). The van der Waals surface area contributed by atoms with Crippen LogP contribution in [0.2, 0.25) is 0 Å². The summed E-state index contributed by atoms with van der Waals surface area (Å²) in [7, 11) is 0. The third kappa shape index (κ3) is 1.92. The average molecular weight is 349 g/mol. The van der Waals surface area contributed by atoms with Crippen molar-refractivity contribution < 1.29 is 14.0 Å². The smallest absolute Gasteiger partial charge is 0.254 e. The van der Waals surface area contributed by atoms with Gasteiger partial charge < -0.3 is 4.42 Å². The second-order valence-corrected chi connectivity index (χ2v) is 6.50. The van der Waals surface area contributed by atoms with Crippen molar-refractivity contribution in [3.8, 4) is 0 Å². The van der Waals surface area contributed by atoms with E-state index in [4.69, 9.17) is 4.42 Å². The molecule has 0 radical (unpaired) electrons. The monoisotopic (exact) mass is 348 g/mol. The summed E-state index contributed by atoms with van der Waals surface area (Å²) in [6.45, 7) is 0. The van der Waals surface area contributed by atoms with Crippen molar-refractivity contribution in [3.63, 3.8) is 0 Å². The fourth-order valence-electron chi connectivity index (χ4n) is 3.68. The number of furan rings is 1. The lowest BCUT2D eigenvalue weighted by Gasteiger charge is -2.37. The summed E-state index contributed by atoms with van der Waals surface area (Å²) in [5.41, 5.74) is 0. The van der Waals surface area contributed by atoms with E-state index >= 15 is 0 Å². The van der Waals surface area contributed by atoms with Crippen molar-refractivity contribution in [2.24, 2.45) is 28.8 Å². The van der Waals surface area contributed by atoms with Gasteiger partial charge in [0.15, 0.2) is 4.67 Å². The van der Waals surface area contributed by atoms with Crippen LogP contribution in [-0.2, 0) is 9.59 Å². The van der Waals surface area contributed by atoms with Gasteiger partial charge in [0, 0.05) is 0 Å². The van der Waals surface area contributed by atoms with E-state index in [1.165, 1.54) is 6.21 Å². The van der Waals surface area contributed by atoms with Gasteiger partial charge in [0.1, 0.15) is 5.76 Å². The van der Waals surface area contributed by atoms with Crippen LogP contribution in [0.4, 0.5) is 0 Å². The summed E-state index contributed by atoms with van der Waals surface area (Å²) in [5.74, 6) is 0.0857. The third-order valence-corrected chi connectivity index (χ3v) is 5.06. The fourth-order valence-corrected chi connectivity index (χ4v) is 4.00. The fraction of sp³-hybridized carbons (Fsp3) is 0.400. The molecule has 3 aliphatic carbocycles. The number of hydrogen-bond donors (Lipinski definition) is 0. The van der Waals surface area contributed by atoms with Gasteiger partial charge in [0.2, 0.25) is 0 Å². The third-order valence-electron chi connectivity index (χ3n) is 4.63. The number of carbonyl (C=O) groups is 2. The highest BCUT2D eigenvalue weighted by Crippen LogP contribution is 2.49. The summed E-state index contributed by atoms with van der Waals surface area (Å²) >= 11 is 3.20. The van der Waals surface area contributed by atoms with E-state index in [1.54, 1.807) is 12.1 Å². The molecule has 0 unspecified atom stereocenters. The van der Waals surface area contributed by atoms with E-state index in [-0.39, 0.29) is 35.5 Å². The van der Waals surface area contributed by atoms with Crippen molar-refractivity contribution >= 4 is 34.0 Å². The molecule has 21 heavy (non-hydrogen) atoms. The van der Waals surface area contributed by atoms with E-state index in [0.29, 0.717) is 10.4 Å². The molecule has 5 nitrogen and oxygen atoms in total. The number of hydrazone groups is 1. The molecule has 1 aliphatic heterocycles. The Morgan fingerprint density at radius 2 is 1.76 bits per heavy atom. The maximum Gasteiger partial charge on any atom is 0.254 e. The van der Waals surface area contributed by atoms with E-state index < -0.39 is 0 Å². The molecule has 6 heteroatoms. The van der Waals surface area contributed by atoms with Crippen molar-refractivity contribution in [1.29, 1.82) is 0 Å². The quantitative estimate of drug-likeness (QED) is 0.468. The van der Waals surface area contributed by atoms with Crippen LogP contribution in [0.5, 0.6) is 0 Å². The first-order valence-corrected chi connectivity index (χ1v) is 7.80. The molecule has 0 spiro atoms. The maximum atomic E-state index is 12.5. The van der Waals surface area contributed by atoms with Crippen LogP contribution in [0.15, 0.2) is 38.5 Å². The Morgan fingerprint density at radius 1 is 1.14 bits per heavy atom. The molecule has 1 aromatic rings. The summed E-state index contributed by atoms with van der Waals surface area (Å²) in [4.78, 5) is 25.0. The molecule has 2 amide bonds. The lowest BCUT2D eigenvalue weighted by atomic mass is 9.63. The van der Waals surface area contributed by atoms with Gasteiger partial charge in [0.05, 0.1) is 18.1 Å². The number of imide groups is 1. The highest BCUT2D eigenvalue weighted by molar-refractivity contribution is 9.10. The Kier molecular flexibility index (Phi) is 2.89. The molecule has 0 aromatic carbocycles. The predicted octanol–water partition coefficient (Wildman–Crippen LogP) is 2.57. The van der Waals surface area contributed by atoms with Crippen LogP contribution in [0.25, 0.3) is 0 Å². The molecule has 4 atom stereocenters. The van der Waals surface area contributed by atoms with Gasteiger partial charge in [0.25, 0.3) is 11.8 Å². The first-order valence-electron chi connectivity index (χ1n) is 7.00. The lowest BCUT2D eigenvalue weighted by molar-refractivity contribution is -0.140. The van der Waals surface area contributed by atoms with Crippen molar-refractivity contribution in [2.75, 3.05) is 0 Å². The van der Waals surface area contributed by atoms with E-state index in [1.807, 2.05) is 0 Å². The van der Waals surface area contributed by atoms with Crippen LogP contribution in [0, 0.1) is 23.7 Å². The van der Waals surface area contributed by atoms with Gasteiger partial charge >= 0.3 is 0 Å². The molecular weight excluding hydrogens is 336 g/mol. The Labute approximate surface area is 129 Å². The second-order valence-electron chi connectivity index (χ2n) is 5.72. The van der Waals surface area contributed by atoms with Gasteiger partial charge in [-0.2, -0.15) is 10.1 Å². The standard InChI is InChI=1S/C15H13BrN2O3/c16-11-6-5-10(21-11)7-17-18-14(19)12-8-1-2-9(4-3-8)13(12)15(18)20/h1-2,5-9,12-13H,3-4H2/b17-7-/t8-,9-,12+,13+/m1/s1. The van der Waals surface area contributed by atoms with Gasteiger partial charge in [-0.05, 0) is 52.7 Å². The summed E-state index contributed by atoms with van der Waals surface area (Å²) < 4.78 is 5.88. The van der Waals surface area contributed by atoms with Crippen molar-refractivity contribution in [2.45, 2.75) is 12.8 Å². The molecule has 1 saturated heterocycles. The van der Waals surface area contributed by atoms with Crippen LogP contribution in [-0.4, -0.2) is 23.0 Å². The van der Waals surface area contributed by atoms with Gasteiger partial charge in [-0.1, -0.05) is 12.2 Å². The minimum atomic E-state index is -0.221. The number of amides is 2. The molecule has 2 heterocycles. The zero-order valence-corrected chi connectivity index (χ0v) is 12.7. The summed E-state index contributed by atoms with van der Waals surface area (Å²) in [5, 5.41) is 5.09. The zero-order chi connectivity index (χ0) is 14.6. The average Bonchev–Trinajstić information content (AvgIpc) is 3.03. The molecule has 2 fully saturated rings. The molecule has 2 bridgehead atoms. The number of halogens is 1. The van der Waals surface area contributed by atoms with Crippen LogP contribution in [0.3, 0.4) is 0 Å². The van der Waals surface area contributed by atoms with E-state index in [9.17, 15) is 9.59 Å². The topological polar surface area (TPSA) is 62.9 Å². The normalized spacial score (nSPS) is 34.2. The zero-order valence-electron chi connectivity index (χ0n) is 11.1. The number of allylic oxidation sites excluding steroid dienone is 2. The second kappa shape index (κ2) is 4.66. The number of rotatable bonds is 2. The SMILES string of the molecule is O=C1[C@@H]2[C@@H](C(=O)N1/N=C\c1ccc(Br)o1)[C@@H]1C=C[C@@H]2CC1. The first kappa shape index (κ1) is 13.0. The molecule has 108 valence electrons. The number of fused-ring (bicyclic) bond motifs is 1.